The highest BCUT2D eigenvalue weighted by atomic mass is 79.9. The number of nitrogens with zero attached hydrogens (tertiary/aromatic N) is 2. The van der Waals surface area contributed by atoms with Gasteiger partial charge in [-0.2, -0.15) is 0 Å². The minimum atomic E-state index is 0.479. The molecule has 0 spiro atoms. The van der Waals surface area contributed by atoms with E-state index in [1.165, 1.54) is 11.3 Å². The molecule has 0 fully saturated rings. The molecule has 0 saturated carbocycles. The number of aromatic nitrogens is 2. The van der Waals surface area contributed by atoms with Gasteiger partial charge in [-0.05, 0) is 18.6 Å². The smallest absolute Gasteiger partial charge is 0.106 e. The molecule has 0 radical (unpaired) electrons. The van der Waals surface area contributed by atoms with Crippen LogP contribution in [0.15, 0.2) is 34.9 Å². The molecule has 0 saturated heterocycles. The molecule has 3 nitrogen and oxygen atoms in total. The first-order valence-corrected chi connectivity index (χ1v) is 7.35. The van der Waals surface area contributed by atoms with Crippen molar-refractivity contribution in [3.63, 3.8) is 0 Å². The van der Waals surface area contributed by atoms with Crippen LogP contribution in [0.4, 0.5) is 0 Å². The zero-order chi connectivity index (χ0) is 13.8. The lowest BCUT2D eigenvalue weighted by atomic mass is 10.2. The molecule has 0 bridgehead atoms. The largest absolute Gasteiger partial charge is 0.327 e. The van der Waals surface area contributed by atoms with Crippen LogP contribution in [0, 0.1) is 6.92 Å². The summed E-state index contributed by atoms with van der Waals surface area (Å²) >= 11 is 3.60. The second kappa shape index (κ2) is 6.35. The lowest BCUT2D eigenvalue weighted by Gasteiger charge is -2.13. The van der Waals surface area contributed by atoms with Crippen molar-refractivity contribution in [3.05, 3.63) is 52.0 Å². The van der Waals surface area contributed by atoms with Gasteiger partial charge < -0.3 is 9.88 Å². The Hall–Kier alpha value is -1.13. The van der Waals surface area contributed by atoms with E-state index in [0.717, 1.165) is 23.4 Å². The van der Waals surface area contributed by atoms with Crippen LogP contribution in [0.2, 0.25) is 0 Å². The van der Waals surface area contributed by atoms with Gasteiger partial charge in [0.25, 0.3) is 0 Å². The van der Waals surface area contributed by atoms with Crippen LogP contribution < -0.4 is 5.32 Å². The SMILES string of the molecule is Cc1ncc(CNC(C)C)n1Cc1ccccc1Br. The first kappa shape index (κ1) is 14.3. The summed E-state index contributed by atoms with van der Waals surface area (Å²) in [7, 11) is 0. The maximum absolute atomic E-state index is 4.43. The Bertz CT molecular complexity index is 546. The van der Waals surface area contributed by atoms with Gasteiger partial charge in [-0.3, -0.25) is 0 Å². The number of benzene rings is 1. The zero-order valence-electron chi connectivity index (χ0n) is 11.7. The monoisotopic (exact) mass is 321 g/mol. The molecule has 0 aliphatic rings. The number of hydrogen-bond acceptors (Lipinski definition) is 2. The van der Waals surface area contributed by atoms with Crippen molar-refractivity contribution in [1.29, 1.82) is 0 Å². The van der Waals surface area contributed by atoms with Gasteiger partial charge in [-0.15, -0.1) is 0 Å². The van der Waals surface area contributed by atoms with E-state index in [-0.39, 0.29) is 0 Å². The van der Waals surface area contributed by atoms with Crippen molar-refractivity contribution in [2.45, 2.75) is 39.9 Å². The van der Waals surface area contributed by atoms with Crippen LogP contribution >= 0.6 is 15.9 Å². The van der Waals surface area contributed by atoms with E-state index in [9.17, 15) is 0 Å². The fourth-order valence-corrected chi connectivity index (χ4v) is 2.39. The summed E-state index contributed by atoms with van der Waals surface area (Å²) in [6.45, 7) is 8.06. The number of hydrogen-bond donors (Lipinski definition) is 1. The minimum Gasteiger partial charge on any atom is -0.327 e. The van der Waals surface area contributed by atoms with E-state index in [2.05, 4.69) is 69.8 Å². The van der Waals surface area contributed by atoms with E-state index in [1.54, 1.807) is 0 Å². The summed E-state index contributed by atoms with van der Waals surface area (Å²) < 4.78 is 3.40. The van der Waals surface area contributed by atoms with Gasteiger partial charge in [-0.1, -0.05) is 48.0 Å². The van der Waals surface area contributed by atoms with Crippen molar-refractivity contribution >= 4 is 15.9 Å². The highest BCUT2D eigenvalue weighted by Gasteiger charge is 2.09. The quantitative estimate of drug-likeness (QED) is 0.913. The molecule has 0 unspecified atom stereocenters. The number of aryl methyl sites for hydroxylation is 1. The highest BCUT2D eigenvalue weighted by molar-refractivity contribution is 9.10. The Morgan fingerprint density at radius 3 is 2.74 bits per heavy atom. The summed E-state index contributed by atoms with van der Waals surface area (Å²) in [5.41, 5.74) is 2.50. The zero-order valence-corrected chi connectivity index (χ0v) is 13.2. The molecular weight excluding hydrogens is 302 g/mol. The average Bonchev–Trinajstić information content (AvgIpc) is 2.71. The molecule has 1 heterocycles. The van der Waals surface area contributed by atoms with Gasteiger partial charge in [0.05, 0.1) is 12.2 Å². The molecule has 19 heavy (non-hydrogen) atoms. The lowest BCUT2D eigenvalue weighted by molar-refractivity contribution is 0.561. The van der Waals surface area contributed by atoms with Crippen LogP contribution in [-0.2, 0) is 13.1 Å². The first-order valence-electron chi connectivity index (χ1n) is 6.55. The second-order valence-corrected chi connectivity index (χ2v) is 5.86. The molecule has 2 aromatic rings. The topological polar surface area (TPSA) is 29.9 Å². The molecule has 0 aliphatic heterocycles. The van der Waals surface area contributed by atoms with Crippen LogP contribution in [0.3, 0.4) is 0 Å². The summed E-state index contributed by atoms with van der Waals surface area (Å²) in [6.07, 6.45) is 1.96. The average molecular weight is 322 g/mol. The third kappa shape index (κ3) is 3.67. The number of nitrogens with one attached hydrogen (secondary N) is 1. The van der Waals surface area contributed by atoms with E-state index in [0.29, 0.717) is 6.04 Å². The van der Waals surface area contributed by atoms with Gasteiger partial charge in [0, 0.05) is 23.3 Å². The van der Waals surface area contributed by atoms with Crippen molar-refractivity contribution in [3.8, 4) is 0 Å². The van der Waals surface area contributed by atoms with Gasteiger partial charge >= 0.3 is 0 Å². The fourth-order valence-electron chi connectivity index (χ4n) is 1.98. The Labute approximate surface area is 123 Å². The van der Waals surface area contributed by atoms with E-state index < -0.39 is 0 Å². The maximum atomic E-state index is 4.43. The van der Waals surface area contributed by atoms with Crippen molar-refractivity contribution in [1.82, 2.24) is 14.9 Å². The van der Waals surface area contributed by atoms with Crippen molar-refractivity contribution in [2.24, 2.45) is 0 Å². The van der Waals surface area contributed by atoms with Crippen LogP contribution in [-0.4, -0.2) is 15.6 Å². The van der Waals surface area contributed by atoms with Crippen LogP contribution in [0.1, 0.15) is 30.9 Å². The molecule has 0 aliphatic carbocycles. The number of rotatable bonds is 5. The normalized spacial score (nSPS) is 11.2. The molecular formula is C15H20BrN3. The Morgan fingerprint density at radius 1 is 1.32 bits per heavy atom. The molecule has 4 heteroatoms. The molecule has 1 N–H and O–H groups in total. The summed E-state index contributed by atoms with van der Waals surface area (Å²) in [5.74, 6) is 1.05. The maximum Gasteiger partial charge on any atom is 0.106 e. The van der Waals surface area contributed by atoms with Gasteiger partial charge in [0.1, 0.15) is 5.82 Å². The third-order valence-electron chi connectivity index (χ3n) is 3.12. The predicted molar refractivity (Wildman–Crippen MR) is 82.2 cm³/mol. The van der Waals surface area contributed by atoms with E-state index in [4.69, 9.17) is 0 Å². The summed E-state index contributed by atoms with van der Waals surface area (Å²) in [5, 5.41) is 3.44. The molecule has 102 valence electrons. The molecule has 0 amide bonds. The Morgan fingerprint density at radius 2 is 2.05 bits per heavy atom. The standard InChI is InChI=1S/C15H20BrN3/c1-11(2)17-8-14-9-18-12(3)19(14)10-13-6-4-5-7-15(13)16/h4-7,9,11,17H,8,10H2,1-3H3. The molecule has 1 aromatic carbocycles. The van der Waals surface area contributed by atoms with Crippen LogP contribution in [0.25, 0.3) is 0 Å². The Balaban J connectivity index is 2.20. The fraction of sp³-hybridized carbons (Fsp3) is 0.400. The van der Waals surface area contributed by atoms with Gasteiger partial charge in [0.15, 0.2) is 0 Å². The number of imidazole rings is 1. The van der Waals surface area contributed by atoms with E-state index >= 15 is 0 Å². The Kier molecular flexibility index (Phi) is 4.77. The van der Waals surface area contributed by atoms with Crippen molar-refractivity contribution in [2.75, 3.05) is 0 Å². The summed E-state index contributed by atoms with van der Waals surface area (Å²) in [6, 6.07) is 8.80. The van der Waals surface area contributed by atoms with Gasteiger partial charge in [-0.25, -0.2) is 4.98 Å². The summed E-state index contributed by atoms with van der Waals surface area (Å²) in [4.78, 5) is 4.43. The third-order valence-corrected chi connectivity index (χ3v) is 3.89. The molecule has 1 aromatic heterocycles. The van der Waals surface area contributed by atoms with Gasteiger partial charge in [0.2, 0.25) is 0 Å². The van der Waals surface area contributed by atoms with Crippen molar-refractivity contribution < 1.29 is 0 Å². The minimum absolute atomic E-state index is 0.479. The lowest BCUT2D eigenvalue weighted by Crippen LogP contribution is -2.23. The van der Waals surface area contributed by atoms with Crippen LogP contribution in [0.5, 0.6) is 0 Å². The molecule has 2 rings (SSSR count). The second-order valence-electron chi connectivity index (χ2n) is 5.01. The van der Waals surface area contributed by atoms with E-state index in [1.807, 2.05) is 12.3 Å². The predicted octanol–water partition coefficient (Wildman–Crippen LogP) is 3.50. The first-order chi connectivity index (χ1) is 9.08. The number of halogens is 1. The highest BCUT2D eigenvalue weighted by Crippen LogP contribution is 2.18. The molecule has 0 atom stereocenters.